The summed E-state index contributed by atoms with van der Waals surface area (Å²) in [6.07, 6.45) is -0.217. The van der Waals surface area contributed by atoms with Gasteiger partial charge in [0, 0.05) is 22.8 Å². The van der Waals surface area contributed by atoms with Crippen LogP contribution in [0.2, 0.25) is 5.02 Å². The molecule has 0 saturated carbocycles. The van der Waals surface area contributed by atoms with E-state index in [2.05, 4.69) is 5.32 Å². The maximum Gasteiger partial charge on any atom is 0.322 e. The molecule has 2 amide bonds. The summed E-state index contributed by atoms with van der Waals surface area (Å²) >= 11 is 6.26. The highest BCUT2D eigenvalue weighted by Crippen LogP contribution is 2.29. The van der Waals surface area contributed by atoms with Crippen LogP contribution in [0.25, 0.3) is 0 Å². The smallest absolute Gasteiger partial charge is 0.322 e. The number of carbonyl (C=O) groups is 1. The number of aryl methyl sites for hydroxylation is 1. The molecule has 0 bridgehead atoms. The van der Waals surface area contributed by atoms with Crippen LogP contribution in [0.15, 0.2) is 42.5 Å². The van der Waals surface area contributed by atoms with Gasteiger partial charge in [-0.15, -0.1) is 0 Å². The van der Waals surface area contributed by atoms with Crippen LogP contribution in [0.3, 0.4) is 0 Å². The van der Waals surface area contributed by atoms with Crippen molar-refractivity contribution in [2.24, 2.45) is 0 Å². The minimum Gasteiger partial charge on any atom is -0.494 e. The minimum atomic E-state index is -0.217. The van der Waals surface area contributed by atoms with Gasteiger partial charge in [0.25, 0.3) is 0 Å². The molecule has 1 atom stereocenters. The molecular formula is C20H23ClN2O3. The van der Waals surface area contributed by atoms with Gasteiger partial charge in [0.05, 0.1) is 19.8 Å². The molecule has 1 saturated heterocycles. The van der Waals surface area contributed by atoms with E-state index in [4.69, 9.17) is 21.1 Å². The highest BCUT2D eigenvalue weighted by molar-refractivity contribution is 6.31. The highest BCUT2D eigenvalue weighted by Gasteiger charge is 2.26. The summed E-state index contributed by atoms with van der Waals surface area (Å²) < 4.78 is 11.3. The van der Waals surface area contributed by atoms with Crippen LogP contribution in [0.4, 0.5) is 10.5 Å². The Morgan fingerprint density at radius 3 is 2.88 bits per heavy atom. The Labute approximate surface area is 158 Å². The van der Waals surface area contributed by atoms with Gasteiger partial charge in [0.1, 0.15) is 11.9 Å². The first-order valence-corrected chi connectivity index (χ1v) is 9.11. The van der Waals surface area contributed by atoms with Gasteiger partial charge in [-0.05, 0) is 43.7 Å². The van der Waals surface area contributed by atoms with E-state index in [0.29, 0.717) is 31.3 Å². The lowest BCUT2D eigenvalue weighted by molar-refractivity contribution is -0.0134. The second-order valence-electron chi connectivity index (χ2n) is 6.17. The van der Waals surface area contributed by atoms with Crippen molar-refractivity contribution >= 4 is 23.3 Å². The number of carbonyl (C=O) groups excluding carboxylic acids is 1. The van der Waals surface area contributed by atoms with Crippen LogP contribution >= 0.6 is 11.6 Å². The number of amides is 2. The van der Waals surface area contributed by atoms with Crippen molar-refractivity contribution < 1.29 is 14.3 Å². The zero-order valence-corrected chi connectivity index (χ0v) is 15.8. The van der Waals surface area contributed by atoms with Gasteiger partial charge in [0.15, 0.2) is 0 Å². The van der Waals surface area contributed by atoms with E-state index in [1.807, 2.05) is 56.3 Å². The van der Waals surface area contributed by atoms with Crippen LogP contribution < -0.4 is 10.1 Å². The van der Waals surface area contributed by atoms with Crippen molar-refractivity contribution in [1.82, 2.24) is 4.90 Å². The molecule has 1 aliphatic rings. The number of urea groups is 1. The van der Waals surface area contributed by atoms with Crippen molar-refractivity contribution in [3.8, 4) is 5.75 Å². The zero-order valence-electron chi connectivity index (χ0n) is 15.0. The van der Waals surface area contributed by atoms with E-state index >= 15 is 0 Å². The zero-order chi connectivity index (χ0) is 18.5. The summed E-state index contributed by atoms with van der Waals surface area (Å²) in [6.45, 7) is 6.01. The van der Waals surface area contributed by atoms with E-state index in [0.717, 1.165) is 22.6 Å². The summed E-state index contributed by atoms with van der Waals surface area (Å²) in [5.74, 6) is 0.829. The van der Waals surface area contributed by atoms with E-state index < -0.39 is 0 Å². The molecule has 138 valence electrons. The van der Waals surface area contributed by atoms with Crippen molar-refractivity contribution in [1.29, 1.82) is 0 Å². The average Bonchev–Trinajstić information content (AvgIpc) is 2.64. The molecule has 2 aromatic carbocycles. The number of nitrogens with one attached hydrogen (secondary N) is 1. The number of ether oxygens (including phenoxy) is 2. The number of halogens is 1. The molecule has 0 spiro atoms. The standard InChI is InChI=1S/C20H23ClN2O3/c1-3-25-18-9-8-15(12-14(18)2)22-20(24)23-10-11-26-19(13-23)16-6-4-5-7-17(16)21/h4-9,12,19H,3,10-11,13H2,1-2H3,(H,22,24). The molecular weight excluding hydrogens is 352 g/mol. The van der Waals surface area contributed by atoms with Gasteiger partial charge >= 0.3 is 6.03 Å². The SMILES string of the molecule is CCOc1ccc(NC(=O)N2CCOC(c3ccccc3Cl)C2)cc1C. The van der Waals surface area contributed by atoms with Gasteiger partial charge in [0.2, 0.25) is 0 Å². The molecule has 5 nitrogen and oxygen atoms in total. The third-order valence-electron chi connectivity index (χ3n) is 4.33. The fourth-order valence-corrected chi connectivity index (χ4v) is 3.26. The van der Waals surface area contributed by atoms with Gasteiger partial charge in [-0.25, -0.2) is 4.79 Å². The van der Waals surface area contributed by atoms with Crippen LogP contribution in [-0.4, -0.2) is 37.2 Å². The van der Waals surface area contributed by atoms with E-state index in [1.165, 1.54) is 0 Å². The molecule has 6 heteroatoms. The molecule has 1 heterocycles. The number of nitrogens with zero attached hydrogens (tertiary/aromatic N) is 1. The van der Waals surface area contributed by atoms with E-state index in [9.17, 15) is 4.79 Å². The minimum absolute atomic E-state index is 0.145. The number of morpholine rings is 1. The first-order chi connectivity index (χ1) is 12.6. The summed E-state index contributed by atoms with van der Waals surface area (Å²) in [6, 6.07) is 13.1. The first-order valence-electron chi connectivity index (χ1n) is 8.74. The molecule has 0 aliphatic carbocycles. The summed E-state index contributed by atoms with van der Waals surface area (Å²) in [4.78, 5) is 14.4. The highest BCUT2D eigenvalue weighted by atomic mass is 35.5. The molecule has 0 aromatic heterocycles. The van der Waals surface area contributed by atoms with E-state index in [1.54, 1.807) is 4.90 Å². The summed E-state index contributed by atoms with van der Waals surface area (Å²) in [7, 11) is 0. The van der Waals surface area contributed by atoms with Crippen molar-refractivity contribution in [2.75, 3.05) is 31.6 Å². The molecule has 2 aromatic rings. The lowest BCUT2D eigenvalue weighted by Gasteiger charge is -2.33. The number of hydrogen-bond donors (Lipinski definition) is 1. The van der Waals surface area contributed by atoms with Crippen molar-refractivity contribution in [3.63, 3.8) is 0 Å². The maximum absolute atomic E-state index is 12.6. The van der Waals surface area contributed by atoms with Crippen LogP contribution in [0.5, 0.6) is 5.75 Å². The van der Waals surface area contributed by atoms with E-state index in [-0.39, 0.29) is 12.1 Å². The summed E-state index contributed by atoms with van der Waals surface area (Å²) in [5, 5.41) is 3.61. The molecule has 1 fully saturated rings. The lowest BCUT2D eigenvalue weighted by atomic mass is 10.1. The second kappa shape index (κ2) is 8.43. The quantitative estimate of drug-likeness (QED) is 0.847. The largest absolute Gasteiger partial charge is 0.494 e. The second-order valence-corrected chi connectivity index (χ2v) is 6.58. The predicted octanol–water partition coefficient (Wildman–Crippen LogP) is 4.65. The summed E-state index contributed by atoms with van der Waals surface area (Å²) in [5.41, 5.74) is 2.64. The Morgan fingerprint density at radius 2 is 2.15 bits per heavy atom. The van der Waals surface area contributed by atoms with Gasteiger partial charge < -0.3 is 19.7 Å². The normalized spacial score (nSPS) is 17.0. The Hall–Kier alpha value is -2.24. The molecule has 1 unspecified atom stereocenters. The van der Waals surface area contributed by atoms with Gasteiger partial charge in [-0.2, -0.15) is 0 Å². The van der Waals surface area contributed by atoms with Gasteiger partial charge in [-0.1, -0.05) is 29.8 Å². The topological polar surface area (TPSA) is 50.8 Å². The number of benzene rings is 2. The predicted molar refractivity (Wildman–Crippen MR) is 103 cm³/mol. The Morgan fingerprint density at radius 1 is 1.35 bits per heavy atom. The van der Waals surface area contributed by atoms with Crippen molar-refractivity contribution in [2.45, 2.75) is 20.0 Å². The van der Waals surface area contributed by atoms with Crippen LogP contribution in [0, 0.1) is 6.92 Å². The third kappa shape index (κ3) is 4.29. The lowest BCUT2D eigenvalue weighted by Crippen LogP contribution is -2.44. The van der Waals surface area contributed by atoms with Crippen molar-refractivity contribution in [3.05, 3.63) is 58.6 Å². The molecule has 1 N–H and O–H groups in total. The molecule has 1 aliphatic heterocycles. The maximum atomic E-state index is 12.6. The fourth-order valence-electron chi connectivity index (χ4n) is 3.01. The Bertz CT molecular complexity index is 781. The Balaban J connectivity index is 1.66. The first kappa shape index (κ1) is 18.5. The third-order valence-corrected chi connectivity index (χ3v) is 4.68. The number of rotatable bonds is 4. The number of hydrogen-bond acceptors (Lipinski definition) is 3. The monoisotopic (exact) mass is 374 g/mol. The molecule has 0 radical (unpaired) electrons. The van der Waals surface area contributed by atoms with Crippen LogP contribution in [-0.2, 0) is 4.74 Å². The van der Waals surface area contributed by atoms with Crippen LogP contribution in [0.1, 0.15) is 24.2 Å². The molecule has 26 heavy (non-hydrogen) atoms. The Kier molecular flexibility index (Phi) is 6.01. The average molecular weight is 375 g/mol. The fraction of sp³-hybridized carbons (Fsp3) is 0.350. The molecule has 3 rings (SSSR count). The van der Waals surface area contributed by atoms with Gasteiger partial charge in [-0.3, -0.25) is 0 Å². The number of anilines is 1.